The van der Waals surface area contributed by atoms with Gasteiger partial charge in [-0.15, -0.1) is 0 Å². The van der Waals surface area contributed by atoms with Gasteiger partial charge in [-0.1, -0.05) is 0 Å². The third kappa shape index (κ3) is 4.00. The van der Waals surface area contributed by atoms with Gasteiger partial charge in [0.2, 0.25) is 5.79 Å². The number of nitrogens with one attached hydrogen (secondary N) is 1. The van der Waals surface area contributed by atoms with Gasteiger partial charge in [0.05, 0.1) is 18.4 Å². The monoisotopic (exact) mass is 372 g/mol. The van der Waals surface area contributed by atoms with Gasteiger partial charge in [-0.2, -0.15) is 5.10 Å². The fourth-order valence-electron chi connectivity index (χ4n) is 4.04. The average molecular weight is 372 g/mol. The normalized spacial score (nSPS) is 26.6. The van der Waals surface area contributed by atoms with Crippen LogP contribution in [0.4, 0.5) is 0 Å². The SMILES string of the molecule is Cc1ncc(CN[C@@H]2CC(Cn3cccn3)C[C@H]2O)c2c1OC(C)(C)OC2. The van der Waals surface area contributed by atoms with Crippen LogP contribution in [0.2, 0.25) is 0 Å². The fraction of sp³-hybridized carbons (Fsp3) is 0.600. The van der Waals surface area contributed by atoms with Crippen LogP contribution in [0.1, 0.15) is 43.5 Å². The Morgan fingerprint density at radius 1 is 1.37 bits per heavy atom. The maximum atomic E-state index is 10.5. The van der Waals surface area contributed by atoms with Gasteiger partial charge in [0.25, 0.3) is 0 Å². The van der Waals surface area contributed by atoms with Crippen molar-refractivity contribution in [1.29, 1.82) is 0 Å². The predicted octanol–water partition coefficient (Wildman–Crippen LogP) is 2.16. The van der Waals surface area contributed by atoms with Crippen LogP contribution in [-0.2, 0) is 24.4 Å². The Labute approximate surface area is 159 Å². The zero-order valence-corrected chi connectivity index (χ0v) is 16.2. The van der Waals surface area contributed by atoms with E-state index < -0.39 is 5.79 Å². The summed E-state index contributed by atoms with van der Waals surface area (Å²) in [7, 11) is 0. The summed E-state index contributed by atoms with van der Waals surface area (Å²) >= 11 is 0. The number of hydrogen-bond donors (Lipinski definition) is 2. The molecule has 0 amide bonds. The van der Waals surface area contributed by atoms with Crippen molar-refractivity contribution >= 4 is 0 Å². The van der Waals surface area contributed by atoms with Gasteiger partial charge in [-0.05, 0) is 37.3 Å². The van der Waals surface area contributed by atoms with Crippen LogP contribution in [0.25, 0.3) is 0 Å². The summed E-state index contributed by atoms with van der Waals surface area (Å²) < 4.78 is 13.7. The van der Waals surface area contributed by atoms with Gasteiger partial charge in [0, 0.05) is 57.1 Å². The number of ether oxygens (including phenoxy) is 2. The number of aliphatic hydroxyl groups is 1. The van der Waals surface area contributed by atoms with Gasteiger partial charge < -0.3 is 19.9 Å². The second-order valence-corrected chi connectivity index (χ2v) is 8.09. The molecule has 0 radical (unpaired) electrons. The zero-order valence-electron chi connectivity index (χ0n) is 16.2. The van der Waals surface area contributed by atoms with Crippen molar-refractivity contribution in [3.05, 3.63) is 41.5 Å². The Morgan fingerprint density at radius 2 is 2.22 bits per heavy atom. The lowest BCUT2D eigenvalue weighted by Gasteiger charge is -2.34. The molecule has 1 fully saturated rings. The highest BCUT2D eigenvalue weighted by atomic mass is 16.7. The molecule has 4 rings (SSSR count). The van der Waals surface area contributed by atoms with Crippen molar-refractivity contribution < 1.29 is 14.6 Å². The molecule has 146 valence electrons. The Kier molecular flexibility index (Phi) is 4.92. The summed E-state index contributed by atoms with van der Waals surface area (Å²) in [6.45, 7) is 7.78. The number of rotatable bonds is 5. The van der Waals surface area contributed by atoms with E-state index in [0.29, 0.717) is 19.1 Å². The molecule has 2 N–H and O–H groups in total. The molecule has 0 saturated heterocycles. The van der Waals surface area contributed by atoms with Crippen LogP contribution in [0, 0.1) is 12.8 Å². The van der Waals surface area contributed by atoms with Gasteiger partial charge in [0.1, 0.15) is 5.75 Å². The molecular formula is C20H28N4O3. The highest BCUT2D eigenvalue weighted by molar-refractivity contribution is 5.42. The molecule has 1 unspecified atom stereocenters. The minimum atomic E-state index is -0.632. The third-order valence-corrected chi connectivity index (χ3v) is 5.50. The maximum absolute atomic E-state index is 10.5. The molecule has 27 heavy (non-hydrogen) atoms. The Hall–Kier alpha value is -1.96. The van der Waals surface area contributed by atoms with Crippen molar-refractivity contribution in [1.82, 2.24) is 20.1 Å². The molecule has 1 aliphatic carbocycles. The van der Waals surface area contributed by atoms with E-state index in [4.69, 9.17) is 9.47 Å². The molecule has 2 aromatic rings. The second kappa shape index (κ2) is 7.22. The van der Waals surface area contributed by atoms with Gasteiger partial charge in [-0.25, -0.2) is 0 Å². The Bertz CT molecular complexity index is 791. The van der Waals surface area contributed by atoms with E-state index >= 15 is 0 Å². The molecular weight excluding hydrogens is 344 g/mol. The first-order valence-electron chi connectivity index (χ1n) is 9.60. The lowest BCUT2D eigenvalue weighted by Crippen LogP contribution is -2.38. The van der Waals surface area contributed by atoms with Crippen LogP contribution in [0.15, 0.2) is 24.7 Å². The first-order chi connectivity index (χ1) is 12.9. The van der Waals surface area contributed by atoms with E-state index in [-0.39, 0.29) is 12.1 Å². The van der Waals surface area contributed by atoms with E-state index in [0.717, 1.165) is 42.0 Å². The van der Waals surface area contributed by atoms with E-state index in [9.17, 15) is 5.11 Å². The first kappa shape index (κ1) is 18.4. The molecule has 7 nitrogen and oxygen atoms in total. The molecule has 0 bridgehead atoms. The molecule has 7 heteroatoms. The third-order valence-electron chi connectivity index (χ3n) is 5.50. The number of aliphatic hydroxyl groups excluding tert-OH is 1. The predicted molar refractivity (Wildman–Crippen MR) is 100 cm³/mol. The smallest absolute Gasteiger partial charge is 0.205 e. The molecule has 1 aliphatic heterocycles. The van der Waals surface area contributed by atoms with E-state index in [2.05, 4.69) is 15.4 Å². The molecule has 0 aromatic carbocycles. The highest BCUT2D eigenvalue weighted by Crippen LogP contribution is 2.35. The maximum Gasteiger partial charge on any atom is 0.205 e. The minimum absolute atomic E-state index is 0.0735. The number of aromatic nitrogens is 3. The van der Waals surface area contributed by atoms with Crippen LogP contribution in [0.3, 0.4) is 0 Å². The first-order valence-corrected chi connectivity index (χ1v) is 9.60. The van der Waals surface area contributed by atoms with E-state index in [1.165, 1.54) is 0 Å². The molecule has 2 aliphatic rings. The number of pyridine rings is 1. The quantitative estimate of drug-likeness (QED) is 0.837. The summed E-state index contributed by atoms with van der Waals surface area (Å²) in [6.07, 6.45) is 7.03. The van der Waals surface area contributed by atoms with Crippen LogP contribution < -0.4 is 10.1 Å². The average Bonchev–Trinajstić information content (AvgIpc) is 3.24. The molecule has 2 aromatic heterocycles. The number of hydrogen-bond acceptors (Lipinski definition) is 6. The van der Waals surface area contributed by atoms with Crippen LogP contribution >= 0.6 is 0 Å². The van der Waals surface area contributed by atoms with E-state index in [1.54, 1.807) is 6.20 Å². The van der Waals surface area contributed by atoms with E-state index in [1.807, 2.05) is 43.9 Å². The largest absolute Gasteiger partial charge is 0.461 e. The molecule has 1 saturated carbocycles. The number of fused-ring (bicyclic) bond motifs is 1. The van der Waals surface area contributed by atoms with Crippen molar-refractivity contribution in [3.63, 3.8) is 0 Å². The standard InChI is InChI=1S/C20H28N4O3/c1-13-19-16(12-26-20(2,3)27-19)15(9-21-13)10-22-17-7-14(8-18(17)25)11-24-6-4-5-23-24/h4-6,9,14,17-18,22,25H,7-8,10-12H2,1-3H3/t14?,17-,18-/m1/s1. The van der Waals surface area contributed by atoms with Gasteiger partial charge >= 0.3 is 0 Å². The van der Waals surface area contributed by atoms with Crippen LogP contribution in [-0.4, -0.2) is 37.8 Å². The highest BCUT2D eigenvalue weighted by Gasteiger charge is 2.34. The summed E-state index contributed by atoms with van der Waals surface area (Å²) in [5, 5.41) is 18.2. The Morgan fingerprint density at radius 3 is 3.00 bits per heavy atom. The van der Waals surface area contributed by atoms with Gasteiger partial charge in [-0.3, -0.25) is 9.67 Å². The van der Waals surface area contributed by atoms with Crippen molar-refractivity contribution in [2.45, 2.75) is 71.2 Å². The van der Waals surface area contributed by atoms with Crippen molar-refractivity contribution in [2.75, 3.05) is 0 Å². The Balaban J connectivity index is 1.40. The summed E-state index contributed by atoms with van der Waals surface area (Å²) in [5.41, 5.74) is 2.99. The zero-order chi connectivity index (χ0) is 19.0. The van der Waals surface area contributed by atoms with Gasteiger partial charge in [0.15, 0.2) is 0 Å². The molecule has 3 heterocycles. The number of aryl methyl sites for hydroxylation is 1. The minimum Gasteiger partial charge on any atom is -0.461 e. The summed E-state index contributed by atoms with van der Waals surface area (Å²) in [4.78, 5) is 4.49. The van der Waals surface area contributed by atoms with Crippen molar-refractivity contribution in [2.24, 2.45) is 5.92 Å². The summed E-state index contributed by atoms with van der Waals surface area (Å²) in [5.74, 6) is 0.622. The lowest BCUT2D eigenvalue weighted by molar-refractivity contribution is -0.180. The second-order valence-electron chi connectivity index (χ2n) is 8.09. The van der Waals surface area contributed by atoms with Crippen molar-refractivity contribution in [3.8, 4) is 5.75 Å². The van der Waals surface area contributed by atoms with Crippen LogP contribution in [0.5, 0.6) is 5.75 Å². The number of nitrogens with zero attached hydrogens (tertiary/aromatic N) is 3. The summed E-state index contributed by atoms with van der Waals surface area (Å²) in [6, 6.07) is 2.00. The molecule has 3 atom stereocenters. The topological polar surface area (TPSA) is 81.4 Å². The fourth-order valence-corrected chi connectivity index (χ4v) is 4.04. The lowest BCUT2D eigenvalue weighted by atomic mass is 10.1. The molecule has 0 spiro atoms.